The Hall–Kier alpha value is -1.36. The van der Waals surface area contributed by atoms with Crippen molar-refractivity contribution in [3.63, 3.8) is 0 Å². The van der Waals surface area contributed by atoms with Gasteiger partial charge in [0.05, 0.1) is 12.2 Å². The zero-order chi connectivity index (χ0) is 15.3. The SMILES string of the molecule is CCOC(=O)CN(C(=O)c1cccc(C)c1Br)C(C)C. The van der Waals surface area contributed by atoms with E-state index in [0.29, 0.717) is 12.2 Å². The van der Waals surface area contributed by atoms with Crippen molar-refractivity contribution in [2.24, 2.45) is 0 Å². The van der Waals surface area contributed by atoms with Crippen molar-refractivity contribution in [2.75, 3.05) is 13.2 Å². The second kappa shape index (κ2) is 7.43. The predicted molar refractivity (Wildman–Crippen MR) is 81.7 cm³/mol. The first-order chi connectivity index (χ1) is 9.38. The third-order valence-electron chi connectivity index (χ3n) is 2.91. The van der Waals surface area contributed by atoms with Crippen LogP contribution in [-0.2, 0) is 9.53 Å². The fourth-order valence-corrected chi connectivity index (χ4v) is 2.24. The van der Waals surface area contributed by atoms with Crippen LogP contribution < -0.4 is 0 Å². The van der Waals surface area contributed by atoms with Gasteiger partial charge in [-0.15, -0.1) is 0 Å². The average Bonchev–Trinajstić information content (AvgIpc) is 2.38. The first-order valence-electron chi connectivity index (χ1n) is 6.60. The van der Waals surface area contributed by atoms with Crippen molar-refractivity contribution < 1.29 is 14.3 Å². The number of nitrogens with zero attached hydrogens (tertiary/aromatic N) is 1. The number of amides is 1. The quantitative estimate of drug-likeness (QED) is 0.772. The van der Waals surface area contributed by atoms with Gasteiger partial charge in [-0.3, -0.25) is 9.59 Å². The third kappa shape index (κ3) is 4.07. The van der Waals surface area contributed by atoms with E-state index in [1.165, 1.54) is 4.90 Å². The molecule has 0 unspecified atom stereocenters. The molecule has 110 valence electrons. The summed E-state index contributed by atoms with van der Waals surface area (Å²) in [5.74, 6) is -0.568. The van der Waals surface area contributed by atoms with Crippen LogP contribution in [0.4, 0.5) is 0 Å². The van der Waals surface area contributed by atoms with E-state index < -0.39 is 5.97 Å². The number of esters is 1. The molecule has 0 atom stereocenters. The second-order valence-electron chi connectivity index (χ2n) is 4.77. The number of ether oxygens (including phenoxy) is 1. The number of hydrogen-bond acceptors (Lipinski definition) is 3. The van der Waals surface area contributed by atoms with Crippen LogP contribution in [0.1, 0.15) is 36.7 Å². The molecule has 0 aromatic heterocycles. The summed E-state index contributed by atoms with van der Waals surface area (Å²) < 4.78 is 5.68. The molecule has 0 bridgehead atoms. The molecule has 1 amide bonds. The van der Waals surface area contributed by atoms with Gasteiger partial charge in [0.2, 0.25) is 0 Å². The zero-order valence-electron chi connectivity index (χ0n) is 12.3. The summed E-state index contributed by atoms with van der Waals surface area (Å²) in [7, 11) is 0. The highest BCUT2D eigenvalue weighted by Crippen LogP contribution is 2.23. The van der Waals surface area contributed by atoms with Crippen molar-refractivity contribution in [1.82, 2.24) is 4.90 Å². The van der Waals surface area contributed by atoms with Crippen LogP contribution in [0.25, 0.3) is 0 Å². The first kappa shape index (κ1) is 16.7. The molecule has 0 saturated carbocycles. The Bertz CT molecular complexity index is 500. The van der Waals surface area contributed by atoms with E-state index in [0.717, 1.165) is 10.0 Å². The van der Waals surface area contributed by atoms with Gasteiger partial charge in [0, 0.05) is 10.5 Å². The fraction of sp³-hybridized carbons (Fsp3) is 0.467. The smallest absolute Gasteiger partial charge is 0.325 e. The maximum atomic E-state index is 12.6. The molecule has 0 aliphatic heterocycles. The number of benzene rings is 1. The van der Waals surface area contributed by atoms with Crippen LogP contribution in [-0.4, -0.2) is 36.0 Å². The summed E-state index contributed by atoms with van der Waals surface area (Å²) in [5.41, 5.74) is 1.54. The fourth-order valence-electron chi connectivity index (χ4n) is 1.80. The van der Waals surface area contributed by atoms with E-state index in [4.69, 9.17) is 4.74 Å². The number of rotatable bonds is 5. The van der Waals surface area contributed by atoms with Gasteiger partial charge in [-0.05, 0) is 55.3 Å². The van der Waals surface area contributed by atoms with E-state index in [9.17, 15) is 9.59 Å². The Morgan fingerprint density at radius 3 is 2.55 bits per heavy atom. The second-order valence-corrected chi connectivity index (χ2v) is 5.56. The van der Waals surface area contributed by atoms with Crippen molar-refractivity contribution in [1.29, 1.82) is 0 Å². The minimum absolute atomic E-state index is 0.0370. The van der Waals surface area contributed by atoms with E-state index >= 15 is 0 Å². The molecular formula is C15H20BrNO3. The molecule has 0 aliphatic carbocycles. The zero-order valence-corrected chi connectivity index (χ0v) is 13.9. The Labute approximate surface area is 128 Å². The third-order valence-corrected chi connectivity index (χ3v) is 3.96. The Kier molecular flexibility index (Phi) is 6.20. The van der Waals surface area contributed by atoms with E-state index in [2.05, 4.69) is 15.9 Å². The van der Waals surface area contributed by atoms with Gasteiger partial charge < -0.3 is 9.64 Å². The van der Waals surface area contributed by atoms with Gasteiger partial charge in [-0.1, -0.05) is 12.1 Å². The molecule has 0 heterocycles. The molecule has 1 aromatic rings. The number of hydrogen-bond donors (Lipinski definition) is 0. The topological polar surface area (TPSA) is 46.6 Å². The van der Waals surface area contributed by atoms with Crippen molar-refractivity contribution in [2.45, 2.75) is 33.7 Å². The Morgan fingerprint density at radius 1 is 1.35 bits per heavy atom. The van der Waals surface area contributed by atoms with Crippen LogP contribution in [0.5, 0.6) is 0 Å². The minimum Gasteiger partial charge on any atom is -0.465 e. The van der Waals surface area contributed by atoms with E-state index in [1.54, 1.807) is 13.0 Å². The molecule has 1 rings (SSSR count). The normalized spacial score (nSPS) is 10.5. The van der Waals surface area contributed by atoms with Gasteiger partial charge in [-0.25, -0.2) is 0 Å². The summed E-state index contributed by atoms with van der Waals surface area (Å²) in [6, 6.07) is 5.42. The maximum absolute atomic E-state index is 12.6. The van der Waals surface area contributed by atoms with Crippen LogP contribution in [0.15, 0.2) is 22.7 Å². The highest BCUT2D eigenvalue weighted by molar-refractivity contribution is 9.10. The van der Waals surface area contributed by atoms with Gasteiger partial charge in [0.1, 0.15) is 6.54 Å². The van der Waals surface area contributed by atoms with E-state index in [-0.39, 0.29) is 18.5 Å². The molecule has 1 aromatic carbocycles. The van der Waals surface area contributed by atoms with Crippen LogP contribution in [0.2, 0.25) is 0 Å². The average molecular weight is 342 g/mol. The minimum atomic E-state index is -0.390. The monoisotopic (exact) mass is 341 g/mol. The van der Waals surface area contributed by atoms with Gasteiger partial charge in [-0.2, -0.15) is 0 Å². The molecule has 20 heavy (non-hydrogen) atoms. The largest absolute Gasteiger partial charge is 0.465 e. The summed E-state index contributed by atoms with van der Waals surface area (Å²) in [6.45, 7) is 7.70. The molecule has 5 heteroatoms. The highest BCUT2D eigenvalue weighted by atomic mass is 79.9. The van der Waals surface area contributed by atoms with Gasteiger partial charge in [0.25, 0.3) is 5.91 Å². The van der Waals surface area contributed by atoms with Crippen molar-refractivity contribution in [3.05, 3.63) is 33.8 Å². The number of halogens is 1. The lowest BCUT2D eigenvalue weighted by Gasteiger charge is -2.26. The Balaban J connectivity index is 3.00. The maximum Gasteiger partial charge on any atom is 0.325 e. The Morgan fingerprint density at radius 2 is 2.00 bits per heavy atom. The summed E-state index contributed by atoms with van der Waals surface area (Å²) in [4.78, 5) is 25.7. The summed E-state index contributed by atoms with van der Waals surface area (Å²) >= 11 is 3.43. The molecule has 0 spiro atoms. The molecule has 0 fully saturated rings. The summed E-state index contributed by atoms with van der Waals surface area (Å²) in [6.07, 6.45) is 0. The number of carbonyl (C=O) groups is 2. The molecule has 0 radical (unpaired) electrons. The lowest BCUT2D eigenvalue weighted by Crippen LogP contribution is -2.41. The van der Waals surface area contributed by atoms with Crippen molar-refractivity contribution >= 4 is 27.8 Å². The van der Waals surface area contributed by atoms with Gasteiger partial charge in [0.15, 0.2) is 0 Å². The highest BCUT2D eigenvalue weighted by Gasteiger charge is 2.24. The number of carbonyl (C=O) groups excluding carboxylic acids is 2. The molecule has 0 saturated heterocycles. The van der Waals surface area contributed by atoms with Crippen LogP contribution in [0.3, 0.4) is 0 Å². The van der Waals surface area contributed by atoms with Gasteiger partial charge >= 0.3 is 5.97 Å². The van der Waals surface area contributed by atoms with Crippen LogP contribution in [0, 0.1) is 6.92 Å². The molecular weight excluding hydrogens is 322 g/mol. The van der Waals surface area contributed by atoms with Crippen molar-refractivity contribution in [3.8, 4) is 0 Å². The van der Waals surface area contributed by atoms with Crippen LogP contribution >= 0.6 is 15.9 Å². The first-order valence-corrected chi connectivity index (χ1v) is 7.39. The lowest BCUT2D eigenvalue weighted by molar-refractivity contribution is -0.144. The predicted octanol–water partition coefficient (Wildman–Crippen LogP) is 3.17. The lowest BCUT2D eigenvalue weighted by atomic mass is 10.1. The number of aryl methyl sites for hydroxylation is 1. The van der Waals surface area contributed by atoms with E-state index in [1.807, 2.05) is 32.9 Å². The molecule has 4 nitrogen and oxygen atoms in total. The molecule has 0 aliphatic rings. The molecule has 0 N–H and O–H groups in total. The standard InChI is InChI=1S/C15H20BrNO3/c1-5-20-13(18)9-17(10(2)3)15(19)12-8-6-7-11(4)14(12)16/h6-8,10H,5,9H2,1-4H3. The summed E-state index contributed by atoms with van der Waals surface area (Å²) in [5, 5.41) is 0.